The molecule has 0 bridgehead atoms. The van der Waals surface area contributed by atoms with Crippen molar-refractivity contribution < 1.29 is 4.79 Å². The fraction of sp³-hybridized carbons (Fsp3) is 0.316. The van der Waals surface area contributed by atoms with Crippen LogP contribution in [0.15, 0.2) is 54.6 Å². The Morgan fingerprint density at radius 2 is 1.67 bits per heavy atom. The molecule has 108 valence electrons. The van der Waals surface area contributed by atoms with Crippen molar-refractivity contribution in [3.63, 3.8) is 0 Å². The zero-order valence-electron chi connectivity index (χ0n) is 12.5. The van der Waals surface area contributed by atoms with Crippen molar-refractivity contribution in [2.24, 2.45) is 5.92 Å². The Morgan fingerprint density at radius 3 is 2.29 bits per heavy atom. The first-order chi connectivity index (χ1) is 10.00. The third-order valence-electron chi connectivity index (χ3n) is 4.60. The number of ketones is 1. The van der Waals surface area contributed by atoms with Crippen LogP contribution in [-0.4, -0.2) is 5.78 Å². The molecule has 21 heavy (non-hydrogen) atoms. The Morgan fingerprint density at radius 1 is 1.05 bits per heavy atom. The molecule has 0 heterocycles. The number of hydrogen-bond donors (Lipinski definition) is 1. The van der Waals surface area contributed by atoms with E-state index in [-0.39, 0.29) is 5.92 Å². The van der Waals surface area contributed by atoms with Crippen LogP contribution in [0.2, 0.25) is 0 Å². The lowest BCUT2D eigenvalue weighted by Crippen LogP contribution is -2.30. The molecule has 0 spiro atoms. The van der Waals surface area contributed by atoms with Crippen LogP contribution in [0.5, 0.6) is 0 Å². The molecule has 0 radical (unpaired) electrons. The van der Waals surface area contributed by atoms with Crippen molar-refractivity contribution in [2.75, 3.05) is 5.73 Å². The van der Waals surface area contributed by atoms with E-state index < -0.39 is 5.41 Å². The van der Waals surface area contributed by atoms with Crippen molar-refractivity contribution in [2.45, 2.75) is 31.6 Å². The maximum Gasteiger partial charge on any atom is 0.146 e. The number of Topliss-reactive ketones (excluding diaryl/α,β-unsaturated/α-hetero) is 1. The average Bonchev–Trinajstić information content (AvgIpc) is 3.28. The minimum Gasteiger partial charge on any atom is -0.399 e. The second kappa shape index (κ2) is 5.03. The summed E-state index contributed by atoms with van der Waals surface area (Å²) >= 11 is 0. The van der Waals surface area contributed by atoms with Gasteiger partial charge in [0, 0.05) is 17.0 Å². The molecule has 0 amide bonds. The molecule has 2 heteroatoms. The first kappa shape index (κ1) is 13.9. The van der Waals surface area contributed by atoms with Gasteiger partial charge in [0.25, 0.3) is 0 Å². The van der Waals surface area contributed by atoms with Crippen molar-refractivity contribution in [1.82, 2.24) is 0 Å². The maximum atomic E-state index is 12.9. The molecule has 1 saturated carbocycles. The summed E-state index contributed by atoms with van der Waals surface area (Å²) in [5.41, 5.74) is 8.33. The summed E-state index contributed by atoms with van der Waals surface area (Å²) in [5.74, 6) is 0.882. The Labute approximate surface area is 126 Å². The minimum absolute atomic E-state index is 0.153. The van der Waals surface area contributed by atoms with Gasteiger partial charge in [0.1, 0.15) is 5.78 Å². The van der Waals surface area contributed by atoms with Crippen molar-refractivity contribution >= 4 is 11.5 Å². The summed E-state index contributed by atoms with van der Waals surface area (Å²) in [6, 6.07) is 18.0. The molecule has 0 aliphatic heterocycles. The topological polar surface area (TPSA) is 43.1 Å². The maximum absolute atomic E-state index is 12.9. The summed E-state index contributed by atoms with van der Waals surface area (Å²) in [6.07, 6.45) is 0.973. The van der Waals surface area contributed by atoms with E-state index in [1.54, 1.807) is 0 Å². The van der Waals surface area contributed by atoms with E-state index in [0.717, 1.165) is 17.7 Å². The van der Waals surface area contributed by atoms with Gasteiger partial charge in [-0.3, -0.25) is 4.79 Å². The molecule has 2 N–H and O–H groups in total. The summed E-state index contributed by atoms with van der Waals surface area (Å²) in [5, 5.41) is 0. The highest BCUT2D eigenvalue weighted by Gasteiger charge is 2.48. The lowest BCUT2D eigenvalue weighted by molar-refractivity contribution is -0.124. The third-order valence-corrected chi connectivity index (χ3v) is 4.60. The van der Waals surface area contributed by atoms with E-state index in [1.165, 1.54) is 5.56 Å². The van der Waals surface area contributed by atoms with Crippen LogP contribution in [0.25, 0.3) is 0 Å². The smallest absolute Gasteiger partial charge is 0.146 e. The number of anilines is 1. The van der Waals surface area contributed by atoms with Gasteiger partial charge in [-0.25, -0.2) is 0 Å². The lowest BCUT2D eigenvalue weighted by atomic mass is 9.78. The molecule has 2 nitrogen and oxygen atoms in total. The predicted molar refractivity (Wildman–Crippen MR) is 86.2 cm³/mol. The van der Waals surface area contributed by atoms with Crippen LogP contribution in [0, 0.1) is 5.92 Å². The number of rotatable bonds is 4. The highest BCUT2D eigenvalue weighted by molar-refractivity contribution is 5.94. The van der Waals surface area contributed by atoms with E-state index in [9.17, 15) is 4.79 Å². The second-order valence-electron chi connectivity index (χ2n) is 6.47. The average molecular weight is 279 g/mol. The van der Waals surface area contributed by atoms with Crippen LogP contribution >= 0.6 is 0 Å². The van der Waals surface area contributed by atoms with Crippen molar-refractivity contribution in [3.05, 3.63) is 65.7 Å². The molecule has 2 unspecified atom stereocenters. The van der Waals surface area contributed by atoms with Gasteiger partial charge in [0.15, 0.2) is 0 Å². The number of carbonyl (C=O) groups excluding carboxylic acids is 1. The van der Waals surface area contributed by atoms with Gasteiger partial charge in [-0.1, -0.05) is 42.5 Å². The zero-order valence-corrected chi connectivity index (χ0v) is 12.5. The monoisotopic (exact) mass is 279 g/mol. The van der Waals surface area contributed by atoms with Gasteiger partial charge in [0.05, 0.1) is 0 Å². The third kappa shape index (κ3) is 2.58. The number of nitrogens with two attached hydrogens (primary N) is 1. The molecule has 1 aliphatic rings. The fourth-order valence-electron chi connectivity index (χ4n) is 3.06. The first-order valence-corrected chi connectivity index (χ1v) is 7.45. The Balaban J connectivity index is 1.78. The van der Waals surface area contributed by atoms with E-state index in [4.69, 9.17) is 5.73 Å². The zero-order chi connectivity index (χ0) is 15.0. The molecule has 1 aliphatic carbocycles. The number of nitrogen functional groups attached to an aromatic ring is 1. The largest absolute Gasteiger partial charge is 0.399 e. The van der Waals surface area contributed by atoms with Gasteiger partial charge in [-0.15, -0.1) is 0 Å². The Kier molecular flexibility index (Phi) is 3.32. The molecule has 3 rings (SSSR count). The van der Waals surface area contributed by atoms with Crippen molar-refractivity contribution in [1.29, 1.82) is 0 Å². The van der Waals surface area contributed by atoms with Crippen LogP contribution in [0.3, 0.4) is 0 Å². The minimum atomic E-state index is -0.456. The van der Waals surface area contributed by atoms with Gasteiger partial charge >= 0.3 is 0 Å². The Hall–Kier alpha value is -2.09. The molecular weight excluding hydrogens is 258 g/mol. The van der Waals surface area contributed by atoms with Gasteiger partial charge < -0.3 is 5.73 Å². The number of hydrogen-bond acceptors (Lipinski definition) is 2. The molecule has 2 atom stereocenters. The molecule has 2 aromatic carbocycles. The Bertz CT molecular complexity index is 643. The summed E-state index contributed by atoms with van der Waals surface area (Å²) in [4.78, 5) is 12.9. The van der Waals surface area contributed by atoms with Crippen LogP contribution in [0.1, 0.15) is 37.3 Å². The first-order valence-electron chi connectivity index (χ1n) is 7.45. The predicted octanol–water partition coefficient (Wildman–Crippen LogP) is 3.92. The molecule has 0 saturated heterocycles. The molecule has 0 aromatic heterocycles. The number of benzene rings is 2. The van der Waals surface area contributed by atoms with Crippen LogP contribution in [-0.2, 0) is 10.2 Å². The van der Waals surface area contributed by atoms with Gasteiger partial charge in [-0.2, -0.15) is 0 Å². The van der Waals surface area contributed by atoms with Crippen molar-refractivity contribution in [3.8, 4) is 0 Å². The molecule has 2 aromatic rings. The lowest BCUT2D eigenvalue weighted by Gasteiger charge is -2.24. The summed E-state index contributed by atoms with van der Waals surface area (Å²) in [6.45, 7) is 4.03. The highest BCUT2D eigenvalue weighted by Crippen LogP contribution is 2.51. The second-order valence-corrected chi connectivity index (χ2v) is 6.47. The van der Waals surface area contributed by atoms with E-state index in [0.29, 0.717) is 11.7 Å². The van der Waals surface area contributed by atoms with E-state index in [1.807, 2.05) is 56.3 Å². The highest BCUT2D eigenvalue weighted by atomic mass is 16.1. The normalized spacial score (nSPS) is 21.0. The standard InChI is InChI=1S/C19H21NO/c1-19(2,14-8-10-15(20)11-9-14)18(21)17-12-16(17)13-6-4-3-5-7-13/h3-11,16-17H,12,20H2,1-2H3. The fourth-order valence-corrected chi connectivity index (χ4v) is 3.06. The quantitative estimate of drug-likeness (QED) is 0.862. The van der Waals surface area contributed by atoms with Crippen LogP contribution in [0.4, 0.5) is 5.69 Å². The van der Waals surface area contributed by atoms with Crippen LogP contribution < -0.4 is 5.73 Å². The summed E-state index contributed by atoms with van der Waals surface area (Å²) < 4.78 is 0. The molecule has 1 fully saturated rings. The number of carbonyl (C=O) groups is 1. The SMILES string of the molecule is CC(C)(C(=O)C1CC1c1ccccc1)c1ccc(N)cc1. The van der Waals surface area contributed by atoms with Gasteiger partial charge in [0.2, 0.25) is 0 Å². The van der Waals surface area contributed by atoms with E-state index >= 15 is 0 Å². The summed E-state index contributed by atoms with van der Waals surface area (Å²) in [7, 11) is 0. The van der Waals surface area contributed by atoms with Gasteiger partial charge in [-0.05, 0) is 49.4 Å². The van der Waals surface area contributed by atoms with E-state index in [2.05, 4.69) is 12.1 Å². The molecular formula is C19H21NO.